The van der Waals surface area contributed by atoms with Gasteiger partial charge in [-0.3, -0.25) is 0 Å². The first-order chi connectivity index (χ1) is 14.8. The van der Waals surface area contributed by atoms with Crippen molar-refractivity contribution in [2.24, 2.45) is 0 Å². The molecule has 0 aromatic heterocycles. The Morgan fingerprint density at radius 3 is 2.55 bits per heavy atom. The van der Waals surface area contributed by atoms with Crippen molar-refractivity contribution in [3.05, 3.63) is 59.2 Å². The molecule has 1 fully saturated rings. The SMILES string of the molecule is CN(Cc1ccccc1N1CCCC1)C(=O)Nc1cccc2c1CCN(S(C)(=O)=O)C2. The van der Waals surface area contributed by atoms with Gasteiger partial charge in [-0.05, 0) is 48.1 Å². The van der Waals surface area contributed by atoms with Crippen LogP contribution < -0.4 is 10.2 Å². The van der Waals surface area contributed by atoms with Crippen molar-refractivity contribution < 1.29 is 13.2 Å². The van der Waals surface area contributed by atoms with Crippen LogP contribution in [0.1, 0.15) is 29.5 Å². The number of para-hydroxylation sites is 1. The highest BCUT2D eigenvalue weighted by Gasteiger charge is 2.25. The first-order valence-electron chi connectivity index (χ1n) is 10.7. The van der Waals surface area contributed by atoms with Gasteiger partial charge >= 0.3 is 6.03 Å². The van der Waals surface area contributed by atoms with E-state index >= 15 is 0 Å². The highest BCUT2D eigenvalue weighted by Crippen LogP contribution is 2.28. The number of hydrogen-bond donors (Lipinski definition) is 1. The molecule has 4 rings (SSSR count). The zero-order valence-electron chi connectivity index (χ0n) is 18.2. The van der Waals surface area contributed by atoms with Crippen molar-refractivity contribution >= 4 is 27.4 Å². The van der Waals surface area contributed by atoms with Crippen LogP contribution in [0.4, 0.5) is 16.2 Å². The summed E-state index contributed by atoms with van der Waals surface area (Å²) in [7, 11) is -1.43. The average molecular weight is 443 g/mol. The molecule has 2 aromatic rings. The van der Waals surface area contributed by atoms with Gasteiger partial charge in [0.2, 0.25) is 10.0 Å². The summed E-state index contributed by atoms with van der Waals surface area (Å²) in [4.78, 5) is 17.0. The molecular formula is C23H30N4O3S. The Hall–Kier alpha value is -2.58. The summed E-state index contributed by atoms with van der Waals surface area (Å²) in [6.45, 7) is 3.42. The van der Waals surface area contributed by atoms with Gasteiger partial charge in [-0.2, -0.15) is 4.31 Å². The van der Waals surface area contributed by atoms with Crippen LogP contribution in [0.3, 0.4) is 0 Å². The van der Waals surface area contributed by atoms with Crippen LogP contribution in [0.2, 0.25) is 0 Å². The van der Waals surface area contributed by atoms with E-state index in [0.717, 1.165) is 35.5 Å². The van der Waals surface area contributed by atoms with Crippen molar-refractivity contribution in [2.75, 3.05) is 43.2 Å². The molecule has 0 spiro atoms. The van der Waals surface area contributed by atoms with E-state index in [1.54, 1.807) is 11.9 Å². The fourth-order valence-corrected chi connectivity index (χ4v) is 5.23. The fourth-order valence-electron chi connectivity index (χ4n) is 4.43. The van der Waals surface area contributed by atoms with E-state index in [-0.39, 0.29) is 6.03 Å². The number of amides is 2. The molecular weight excluding hydrogens is 412 g/mol. The highest BCUT2D eigenvalue weighted by atomic mass is 32.2. The van der Waals surface area contributed by atoms with Gasteiger partial charge in [0.25, 0.3) is 0 Å². The van der Waals surface area contributed by atoms with E-state index < -0.39 is 10.0 Å². The molecule has 2 aliphatic heterocycles. The maximum atomic E-state index is 13.0. The molecule has 8 heteroatoms. The maximum Gasteiger partial charge on any atom is 0.321 e. The van der Waals surface area contributed by atoms with E-state index in [0.29, 0.717) is 26.1 Å². The minimum Gasteiger partial charge on any atom is -0.371 e. The second-order valence-electron chi connectivity index (χ2n) is 8.40. The number of benzene rings is 2. The smallest absolute Gasteiger partial charge is 0.321 e. The summed E-state index contributed by atoms with van der Waals surface area (Å²) >= 11 is 0. The Bertz CT molecular complexity index is 1060. The monoisotopic (exact) mass is 442 g/mol. The molecule has 1 N–H and O–H groups in total. The van der Waals surface area contributed by atoms with Gasteiger partial charge < -0.3 is 15.1 Å². The first-order valence-corrected chi connectivity index (χ1v) is 12.6. The quantitative estimate of drug-likeness (QED) is 0.771. The fraction of sp³-hybridized carbons (Fsp3) is 0.435. The largest absolute Gasteiger partial charge is 0.371 e. The molecule has 0 unspecified atom stereocenters. The number of anilines is 2. The molecule has 0 radical (unpaired) electrons. The van der Waals surface area contributed by atoms with Crippen LogP contribution in [-0.4, -0.2) is 56.6 Å². The van der Waals surface area contributed by atoms with Crippen molar-refractivity contribution in [1.29, 1.82) is 0 Å². The topological polar surface area (TPSA) is 73.0 Å². The van der Waals surface area contributed by atoms with Crippen LogP contribution in [0.5, 0.6) is 0 Å². The van der Waals surface area contributed by atoms with Gasteiger partial charge in [0, 0.05) is 51.1 Å². The van der Waals surface area contributed by atoms with Crippen molar-refractivity contribution in [3.8, 4) is 0 Å². The minimum absolute atomic E-state index is 0.171. The van der Waals surface area contributed by atoms with Gasteiger partial charge in [0.15, 0.2) is 0 Å². The van der Waals surface area contributed by atoms with Crippen LogP contribution >= 0.6 is 0 Å². The zero-order valence-corrected chi connectivity index (χ0v) is 19.0. The molecule has 166 valence electrons. The summed E-state index contributed by atoms with van der Waals surface area (Å²) in [6.07, 6.45) is 4.24. The van der Waals surface area contributed by atoms with Gasteiger partial charge in [-0.15, -0.1) is 0 Å². The zero-order chi connectivity index (χ0) is 22.0. The van der Waals surface area contributed by atoms with E-state index in [1.165, 1.54) is 29.1 Å². The number of sulfonamides is 1. The molecule has 2 amide bonds. The Kier molecular flexibility index (Phi) is 6.20. The van der Waals surface area contributed by atoms with Crippen molar-refractivity contribution in [3.63, 3.8) is 0 Å². The molecule has 2 aromatic carbocycles. The number of carbonyl (C=O) groups excluding carboxylic acids is 1. The summed E-state index contributed by atoms with van der Waals surface area (Å²) in [5, 5.41) is 3.04. The lowest BCUT2D eigenvalue weighted by molar-refractivity contribution is 0.220. The number of hydrogen-bond acceptors (Lipinski definition) is 4. The lowest BCUT2D eigenvalue weighted by Gasteiger charge is -2.29. The predicted octanol–water partition coefficient (Wildman–Crippen LogP) is 3.27. The molecule has 0 atom stereocenters. The lowest BCUT2D eigenvalue weighted by atomic mass is 9.99. The minimum atomic E-state index is -3.23. The molecule has 0 aliphatic carbocycles. The summed E-state index contributed by atoms with van der Waals surface area (Å²) in [5.74, 6) is 0. The Morgan fingerprint density at radius 1 is 1.06 bits per heavy atom. The maximum absolute atomic E-state index is 13.0. The van der Waals surface area contributed by atoms with Gasteiger partial charge in [0.1, 0.15) is 0 Å². The van der Waals surface area contributed by atoms with E-state index in [1.807, 2.05) is 30.3 Å². The van der Waals surface area contributed by atoms with Crippen LogP contribution in [0.25, 0.3) is 0 Å². The number of fused-ring (bicyclic) bond motifs is 1. The van der Waals surface area contributed by atoms with Gasteiger partial charge in [0.05, 0.1) is 6.26 Å². The third kappa shape index (κ3) is 4.85. The number of rotatable bonds is 5. The standard InChI is InChI=1S/C23H30N4O3S/c1-25(16-19-8-3-4-11-22(19)26-13-5-6-14-26)23(28)24-21-10-7-9-18-17-27(31(2,29)30)15-12-20(18)21/h3-4,7-11H,5-6,12-17H2,1-2H3,(H,24,28). The second-order valence-corrected chi connectivity index (χ2v) is 10.4. The van der Waals surface area contributed by atoms with Crippen LogP contribution in [0.15, 0.2) is 42.5 Å². The van der Waals surface area contributed by atoms with Crippen LogP contribution in [-0.2, 0) is 29.5 Å². The molecule has 2 heterocycles. The molecule has 1 saturated heterocycles. The van der Waals surface area contributed by atoms with Crippen molar-refractivity contribution in [2.45, 2.75) is 32.4 Å². The molecule has 31 heavy (non-hydrogen) atoms. The summed E-state index contributed by atoms with van der Waals surface area (Å²) < 4.78 is 25.3. The number of nitrogens with one attached hydrogen (secondary N) is 1. The van der Waals surface area contributed by atoms with Crippen LogP contribution in [0, 0.1) is 0 Å². The lowest BCUT2D eigenvalue weighted by Crippen LogP contribution is -2.36. The normalized spacial score (nSPS) is 16.8. The highest BCUT2D eigenvalue weighted by molar-refractivity contribution is 7.88. The van der Waals surface area contributed by atoms with E-state index in [2.05, 4.69) is 22.3 Å². The molecule has 0 bridgehead atoms. The third-order valence-electron chi connectivity index (χ3n) is 6.13. The van der Waals surface area contributed by atoms with Gasteiger partial charge in [-0.1, -0.05) is 30.3 Å². The number of urea groups is 1. The second kappa shape index (κ2) is 8.88. The third-order valence-corrected chi connectivity index (χ3v) is 7.38. The molecule has 2 aliphatic rings. The van der Waals surface area contributed by atoms with E-state index in [4.69, 9.17) is 0 Å². The predicted molar refractivity (Wildman–Crippen MR) is 124 cm³/mol. The molecule has 0 saturated carbocycles. The van der Waals surface area contributed by atoms with Crippen molar-refractivity contribution in [1.82, 2.24) is 9.21 Å². The van der Waals surface area contributed by atoms with E-state index in [9.17, 15) is 13.2 Å². The molecule has 7 nitrogen and oxygen atoms in total. The average Bonchev–Trinajstić information content (AvgIpc) is 3.28. The number of nitrogens with zero attached hydrogens (tertiary/aromatic N) is 3. The Labute approximate surface area is 184 Å². The Balaban J connectivity index is 1.46. The number of carbonyl (C=O) groups is 1. The van der Waals surface area contributed by atoms with Gasteiger partial charge in [-0.25, -0.2) is 13.2 Å². The summed E-state index contributed by atoms with van der Waals surface area (Å²) in [5.41, 5.74) is 5.06. The first kappa shape index (κ1) is 21.6. The Morgan fingerprint density at radius 2 is 1.81 bits per heavy atom. The summed E-state index contributed by atoms with van der Waals surface area (Å²) in [6, 6.07) is 13.8.